The highest BCUT2D eigenvalue weighted by atomic mass is 32.1. The van der Waals surface area contributed by atoms with Gasteiger partial charge in [-0.1, -0.05) is 0 Å². The molecule has 1 aromatic carbocycles. The van der Waals surface area contributed by atoms with Crippen molar-refractivity contribution in [1.29, 1.82) is 5.26 Å². The average Bonchev–Trinajstić information content (AvgIpc) is 3.61. The van der Waals surface area contributed by atoms with E-state index in [-0.39, 0.29) is 76.2 Å². The molecule has 6 rings (SSSR count). The number of aromatic nitrogens is 3. The summed E-state index contributed by atoms with van der Waals surface area (Å²) in [5.41, 5.74) is 6.94. The van der Waals surface area contributed by atoms with Crippen molar-refractivity contribution in [3.8, 4) is 23.3 Å². The maximum Gasteiger partial charge on any atom is 0.393 e. The molecule has 14 heteroatoms. The fourth-order valence-corrected chi connectivity index (χ4v) is 6.21. The van der Waals surface area contributed by atoms with Crippen LogP contribution in [0, 0.1) is 28.9 Å². The third kappa shape index (κ3) is 4.12. The highest BCUT2D eigenvalue weighted by molar-refractivity contribution is 7.23. The summed E-state index contributed by atoms with van der Waals surface area (Å²) in [7, 11) is 1.58. The number of likely N-dealkylation sites (N-methyl/N-ethyl adjacent to an activating group) is 1. The second kappa shape index (κ2) is 9.22. The van der Waals surface area contributed by atoms with Gasteiger partial charge in [0.25, 0.3) is 0 Å². The quantitative estimate of drug-likeness (QED) is 0.349. The van der Waals surface area contributed by atoms with Crippen molar-refractivity contribution in [1.82, 2.24) is 19.9 Å². The molecule has 39 heavy (non-hydrogen) atoms. The molecule has 1 saturated heterocycles. The number of anilines is 1. The lowest BCUT2D eigenvalue weighted by atomic mass is 9.94. The molecule has 2 N–H and O–H groups in total. The Morgan fingerprint density at radius 3 is 2.72 bits per heavy atom. The van der Waals surface area contributed by atoms with Crippen LogP contribution in [0.3, 0.4) is 0 Å². The van der Waals surface area contributed by atoms with Crippen LogP contribution >= 0.6 is 11.3 Å². The van der Waals surface area contributed by atoms with Crippen molar-refractivity contribution in [2.75, 3.05) is 25.9 Å². The van der Waals surface area contributed by atoms with Gasteiger partial charge in [0, 0.05) is 35.1 Å². The zero-order valence-corrected chi connectivity index (χ0v) is 21.1. The molecule has 2 aliphatic heterocycles. The van der Waals surface area contributed by atoms with E-state index < -0.39 is 29.8 Å². The van der Waals surface area contributed by atoms with Crippen molar-refractivity contribution in [2.45, 2.75) is 31.9 Å². The summed E-state index contributed by atoms with van der Waals surface area (Å²) >= 11 is 0.871. The van der Waals surface area contributed by atoms with E-state index in [2.05, 4.69) is 15.0 Å². The lowest BCUT2D eigenvalue weighted by molar-refractivity contribution is -0.170. The number of ether oxygens (including phenoxy) is 2. The lowest BCUT2D eigenvalue weighted by Gasteiger charge is -2.19. The minimum atomic E-state index is -4.30. The monoisotopic (exact) mass is 562 g/mol. The van der Waals surface area contributed by atoms with Gasteiger partial charge in [-0.25, -0.2) is 13.8 Å². The highest BCUT2D eigenvalue weighted by Crippen LogP contribution is 2.45. The number of nitrogens with two attached hydrogens (primary N) is 1. The number of nitrogen functional groups attached to an aromatic ring is 1. The van der Waals surface area contributed by atoms with E-state index in [4.69, 9.17) is 15.2 Å². The van der Waals surface area contributed by atoms with Crippen LogP contribution < -0.4 is 10.5 Å². The molecule has 202 valence electrons. The second-order valence-electron chi connectivity index (χ2n) is 9.54. The highest BCUT2D eigenvalue weighted by Gasteiger charge is 2.46. The van der Waals surface area contributed by atoms with Gasteiger partial charge in [0.15, 0.2) is 11.6 Å². The average molecular weight is 563 g/mol. The van der Waals surface area contributed by atoms with Crippen LogP contribution in [0.1, 0.15) is 23.1 Å². The van der Waals surface area contributed by atoms with Gasteiger partial charge in [0.2, 0.25) is 0 Å². The number of fused-ring (bicyclic) bond motifs is 4. The van der Waals surface area contributed by atoms with Gasteiger partial charge in [-0.3, -0.25) is 9.88 Å². The van der Waals surface area contributed by atoms with Gasteiger partial charge in [-0.2, -0.15) is 23.4 Å². The number of benzene rings is 1. The third-order valence-electron chi connectivity index (χ3n) is 7.28. The molecular weight excluding hydrogens is 543 g/mol. The van der Waals surface area contributed by atoms with Crippen molar-refractivity contribution < 1.29 is 31.4 Å². The number of rotatable bonds is 4. The molecular formula is C25H19F5N6O2S. The molecule has 2 aliphatic rings. The first-order valence-electron chi connectivity index (χ1n) is 11.8. The Balaban J connectivity index is 1.43. The summed E-state index contributed by atoms with van der Waals surface area (Å²) in [6, 6.07) is 1.23. The van der Waals surface area contributed by atoms with Crippen molar-refractivity contribution in [3.63, 3.8) is 0 Å². The number of nitrogens with zero attached hydrogens (tertiary/aromatic N) is 5. The number of nitriles is 1. The van der Waals surface area contributed by atoms with Crippen LogP contribution in [0.2, 0.25) is 0 Å². The Hall–Kier alpha value is -3.67. The molecule has 0 saturated carbocycles. The third-order valence-corrected chi connectivity index (χ3v) is 8.31. The van der Waals surface area contributed by atoms with E-state index in [9.17, 15) is 22.8 Å². The topological polar surface area (TPSA) is 110 Å². The largest absolute Gasteiger partial charge is 0.462 e. The molecule has 3 aromatic heterocycles. The molecule has 1 fully saturated rings. The number of hydrogen-bond donors (Lipinski definition) is 1. The fraction of sp³-hybridized carbons (Fsp3) is 0.360. The Bertz CT molecular complexity index is 1680. The first-order valence-corrected chi connectivity index (χ1v) is 12.6. The summed E-state index contributed by atoms with van der Waals surface area (Å²) in [4.78, 5) is 14.1. The molecule has 0 spiro atoms. The van der Waals surface area contributed by atoms with Gasteiger partial charge in [0.1, 0.15) is 23.2 Å². The number of thiophene rings is 1. The Kier molecular flexibility index (Phi) is 6.05. The summed E-state index contributed by atoms with van der Waals surface area (Å²) in [6.07, 6.45) is -2.11. The molecule has 2 atom stereocenters. The Morgan fingerprint density at radius 1 is 1.23 bits per heavy atom. The molecule has 4 aromatic rings. The standard InChI is InChI=1S/C25H19F5N6O2S/c1-36-6-10(25(28,29)30)2-11(36)7-38-24-34-4-13-14-8-37-9-15(14)17(19(27)20(13)35-24)21-18-12(3-31)23(32)39-22(18)16(26)5-33-21/h4-5,10-11H,2,6-9,32H2,1H3/t10-,11-/m0/s1. The minimum Gasteiger partial charge on any atom is -0.462 e. The summed E-state index contributed by atoms with van der Waals surface area (Å²) in [5, 5.41) is 10.2. The van der Waals surface area contributed by atoms with Crippen LogP contribution in [0.4, 0.5) is 27.0 Å². The zero-order valence-electron chi connectivity index (χ0n) is 20.3. The van der Waals surface area contributed by atoms with Crippen LogP contribution in [0.15, 0.2) is 12.4 Å². The molecule has 0 aliphatic carbocycles. The van der Waals surface area contributed by atoms with E-state index in [0.29, 0.717) is 16.5 Å². The fourth-order valence-electron chi connectivity index (χ4n) is 5.28. The first kappa shape index (κ1) is 25.6. The summed E-state index contributed by atoms with van der Waals surface area (Å²) < 4.78 is 81.6. The van der Waals surface area contributed by atoms with E-state index in [0.717, 1.165) is 17.5 Å². The van der Waals surface area contributed by atoms with Gasteiger partial charge < -0.3 is 15.2 Å². The van der Waals surface area contributed by atoms with Gasteiger partial charge in [-0.15, -0.1) is 11.3 Å². The van der Waals surface area contributed by atoms with Crippen LogP contribution in [-0.2, 0) is 18.0 Å². The number of likely N-dealkylation sites (tertiary alicyclic amines) is 1. The maximum absolute atomic E-state index is 16.3. The number of halogens is 5. The van der Waals surface area contributed by atoms with Crippen LogP contribution in [0.25, 0.3) is 32.2 Å². The Morgan fingerprint density at radius 2 is 2.00 bits per heavy atom. The summed E-state index contributed by atoms with van der Waals surface area (Å²) in [6.45, 7) is -0.0735. The number of alkyl halides is 3. The second-order valence-corrected chi connectivity index (χ2v) is 10.6. The van der Waals surface area contributed by atoms with E-state index in [1.807, 2.05) is 6.07 Å². The molecule has 0 radical (unpaired) electrons. The molecule has 8 nitrogen and oxygen atoms in total. The van der Waals surface area contributed by atoms with Crippen molar-refractivity contribution in [2.24, 2.45) is 5.92 Å². The SMILES string of the molecule is CN1C[C@@H](C(F)(F)F)C[C@H]1COc1ncc2c3c(c(-c4ncc(F)c5sc(N)c(C#N)c45)c(F)c2n1)COC3. The molecule has 0 amide bonds. The Labute approximate surface area is 221 Å². The predicted octanol–water partition coefficient (Wildman–Crippen LogP) is 4.93. The van der Waals surface area contributed by atoms with Crippen molar-refractivity contribution >= 4 is 37.3 Å². The van der Waals surface area contributed by atoms with Gasteiger partial charge >= 0.3 is 12.2 Å². The summed E-state index contributed by atoms with van der Waals surface area (Å²) in [5.74, 6) is -2.95. The first-order chi connectivity index (χ1) is 18.6. The van der Waals surface area contributed by atoms with E-state index >= 15 is 4.39 Å². The minimum absolute atomic E-state index is 0.00231. The molecule has 0 bridgehead atoms. The zero-order chi connectivity index (χ0) is 27.6. The smallest absolute Gasteiger partial charge is 0.393 e. The predicted molar refractivity (Wildman–Crippen MR) is 132 cm³/mol. The number of pyridine rings is 1. The van der Waals surface area contributed by atoms with Gasteiger partial charge in [0.05, 0.1) is 41.3 Å². The molecule has 0 unspecified atom stereocenters. The van der Waals surface area contributed by atoms with Crippen molar-refractivity contribution in [3.05, 3.63) is 40.7 Å². The van der Waals surface area contributed by atoms with Gasteiger partial charge in [-0.05, 0) is 24.6 Å². The van der Waals surface area contributed by atoms with E-state index in [1.165, 1.54) is 6.20 Å². The normalized spacial score (nSPS) is 19.6. The maximum atomic E-state index is 16.3. The van der Waals surface area contributed by atoms with Crippen LogP contribution in [0.5, 0.6) is 6.01 Å². The molecule has 5 heterocycles. The number of hydrogen-bond acceptors (Lipinski definition) is 9. The van der Waals surface area contributed by atoms with Crippen LogP contribution in [-0.4, -0.2) is 52.3 Å². The van der Waals surface area contributed by atoms with E-state index in [1.54, 1.807) is 11.9 Å². The lowest BCUT2D eigenvalue weighted by Crippen LogP contribution is -2.31.